The zero-order valence-corrected chi connectivity index (χ0v) is 23.3. The molecule has 0 saturated carbocycles. The lowest BCUT2D eigenvalue weighted by atomic mass is 10.1. The van der Waals surface area contributed by atoms with Gasteiger partial charge in [-0.3, -0.25) is 13.9 Å². The zero-order chi connectivity index (χ0) is 26.5. The summed E-state index contributed by atoms with van der Waals surface area (Å²) in [5, 5.41) is 3.55. The molecule has 0 bridgehead atoms. The van der Waals surface area contributed by atoms with Crippen LogP contribution in [0.5, 0.6) is 0 Å². The maximum absolute atomic E-state index is 13.7. The standard InChI is InChI=1S/C25H33Cl2N3O4S/c1-7-22(25(32)28-16(2)3)29(14-19-9-10-20(26)21(27)13-19)24(31)15-30(35(6,33)34)23-11-8-17(4)12-18(23)5/h8-13,16,22H,7,14-15H2,1-6H3,(H,28,32). The highest BCUT2D eigenvalue weighted by molar-refractivity contribution is 7.92. The van der Waals surface area contributed by atoms with Gasteiger partial charge in [0, 0.05) is 12.6 Å². The highest BCUT2D eigenvalue weighted by Crippen LogP contribution is 2.26. The van der Waals surface area contributed by atoms with Crippen LogP contribution in [0.15, 0.2) is 36.4 Å². The van der Waals surface area contributed by atoms with Crippen LogP contribution >= 0.6 is 23.2 Å². The van der Waals surface area contributed by atoms with E-state index in [1.807, 2.05) is 26.8 Å². The number of hydrogen-bond acceptors (Lipinski definition) is 4. The van der Waals surface area contributed by atoms with E-state index in [-0.39, 0.29) is 18.5 Å². The fourth-order valence-corrected chi connectivity index (χ4v) is 5.04. The monoisotopic (exact) mass is 541 g/mol. The first-order chi connectivity index (χ1) is 16.2. The van der Waals surface area contributed by atoms with E-state index in [0.717, 1.165) is 21.7 Å². The topological polar surface area (TPSA) is 86.8 Å². The number of halogens is 2. The Kier molecular flexibility index (Phi) is 10.0. The van der Waals surface area contributed by atoms with Gasteiger partial charge < -0.3 is 10.2 Å². The molecule has 1 atom stereocenters. The third-order valence-corrected chi connectivity index (χ3v) is 7.32. The number of nitrogens with one attached hydrogen (secondary N) is 1. The average Bonchev–Trinajstić information content (AvgIpc) is 2.73. The molecular formula is C25H33Cl2N3O4S. The van der Waals surface area contributed by atoms with Crippen LogP contribution < -0.4 is 9.62 Å². The van der Waals surface area contributed by atoms with E-state index in [9.17, 15) is 18.0 Å². The largest absolute Gasteiger partial charge is 0.352 e. The van der Waals surface area contributed by atoms with E-state index in [1.165, 1.54) is 4.90 Å². The van der Waals surface area contributed by atoms with Crippen LogP contribution in [0.1, 0.15) is 43.9 Å². The van der Waals surface area contributed by atoms with Crippen molar-refractivity contribution in [1.82, 2.24) is 10.2 Å². The summed E-state index contributed by atoms with van der Waals surface area (Å²) < 4.78 is 26.5. The van der Waals surface area contributed by atoms with Gasteiger partial charge in [0.1, 0.15) is 12.6 Å². The van der Waals surface area contributed by atoms with E-state index in [2.05, 4.69) is 5.32 Å². The van der Waals surface area contributed by atoms with Gasteiger partial charge in [0.2, 0.25) is 21.8 Å². The molecule has 0 aromatic heterocycles. The fraction of sp³-hybridized carbons (Fsp3) is 0.440. The minimum Gasteiger partial charge on any atom is -0.352 e. The van der Waals surface area contributed by atoms with Gasteiger partial charge in [0.15, 0.2) is 0 Å². The number of carbonyl (C=O) groups excluding carboxylic acids is 2. The highest BCUT2D eigenvalue weighted by atomic mass is 35.5. The molecule has 7 nitrogen and oxygen atoms in total. The molecule has 192 valence electrons. The Morgan fingerprint density at radius 1 is 1.03 bits per heavy atom. The number of sulfonamides is 1. The molecular weight excluding hydrogens is 509 g/mol. The Hall–Kier alpha value is -2.29. The van der Waals surface area contributed by atoms with Gasteiger partial charge in [-0.2, -0.15) is 0 Å². The number of amides is 2. The van der Waals surface area contributed by atoms with Gasteiger partial charge in [0.25, 0.3) is 0 Å². The predicted molar refractivity (Wildman–Crippen MR) is 142 cm³/mol. The Morgan fingerprint density at radius 2 is 1.69 bits per heavy atom. The van der Waals surface area contributed by atoms with Crippen LogP contribution in [0.4, 0.5) is 5.69 Å². The van der Waals surface area contributed by atoms with Crippen molar-refractivity contribution in [1.29, 1.82) is 0 Å². The molecule has 2 aromatic rings. The normalized spacial score (nSPS) is 12.4. The Labute approximate surface area is 218 Å². The first-order valence-corrected chi connectivity index (χ1v) is 13.9. The second kappa shape index (κ2) is 12.1. The molecule has 0 saturated heterocycles. The third kappa shape index (κ3) is 7.85. The van der Waals surface area contributed by atoms with Crippen molar-refractivity contribution in [3.8, 4) is 0 Å². The molecule has 2 aromatic carbocycles. The summed E-state index contributed by atoms with van der Waals surface area (Å²) in [6.07, 6.45) is 1.40. The number of aryl methyl sites for hydroxylation is 2. The smallest absolute Gasteiger partial charge is 0.244 e. The van der Waals surface area contributed by atoms with Crippen LogP contribution in [0, 0.1) is 13.8 Å². The average molecular weight is 543 g/mol. The summed E-state index contributed by atoms with van der Waals surface area (Å²) in [6, 6.07) is 9.39. The maximum Gasteiger partial charge on any atom is 0.244 e. The second-order valence-corrected chi connectivity index (χ2v) is 11.6. The molecule has 0 radical (unpaired) electrons. The van der Waals surface area contributed by atoms with Gasteiger partial charge in [-0.15, -0.1) is 0 Å². The van der Waals surface area contributed by atoms with Crippen molar-refractivity contribution in [3.63, 3.8) is 0 Å². The molecule has 35 heavy (non-hydrogen) atoms. The van der Waals surface area contributed by atoms with Crippen LogP contribution in [0.2, 0.25) is 10.0 Å². The molecule has 0 spiro atoms. The van der Waals surface area contributed by atoms with Gasteiger partial charge in [-0.1, -0.05) is 53.9 Å². The number of nitrogens with zero attached hydrogens (tertiary/aromatic N) is 2. The van der Waals surface area contributed by atoms with Gasteiger partial charge in [-0.05, 0) is 63.4 Å². The molecule has 0 aliphatic rings. The Bertz CT molecular complexity index is 1190. The lowest BCUT2D eigenvalue weighted by molar-refractivity contribution is -0.140. The van der Waals surface area contributed by atoms with E-state index < -0.39 is 28.5 Å². The lowest BCUT2D eigenvalue weighted by Crippen LogP contribution is -2.53. The van der Waals surface area contributed by atoms with Gasteiger partial charge >= 0.3 is 0 Å². The number of rotatable bonds is 10. The summed E-state index contributed by atoms with van der Waals surface area (Å²) in [5.41, 5.74) is 2.79. The molecule has 0 aliphatic heterocycles. The van der Waals surface area contributed by atoms with E-state index in [0.29, 0.717) is 27.7 Å². The Balaban J connectivity index is 2.50. The number of carbonyl (C=O) groups is 2. The maximum atomic E-state index is 13.7. The van der Waals surface area contributed by atoms with Crippen LogP contribution in [-0.2, 0) is 26.2 Å². The quantitative estimate of drug-likeness (QED) is 0.471. The minimum absolute atomic E-state index is 0.0597. The molecule has 2 amide bonds. The lowest BCUT2D eigenvalue weighted by Gasteiger charge is -2.33. The summed E-state index contributed by atoms with van der Waals surface area (Å²) >= 11 is 12.2. The summed E-state index contributed by atoms with van der Waals surface area (Å²) in [7, 11) is -3.79. The first-order valence-electron chi connectivity index (χ1n) is 11.3. The zero-order valence-electron chi connectivity index (χ0n) is 20.9. The van der Waals surface area contributed by atoms with E-state index in [1.54, 1.807) is 44.2 Å². The van der Waals surface area contributed by atoms with E-state index in [4.69, 9.17) is 23.2 Å². The third-order valence-electron chi connectivity index (χ3n) is 5.45. The van der Waals surface area contributed by atoms with Crippen molar-refractivity contribution < 1.29 is 18.0 Å². The number of hydrogen-bond donors (Lipinski definition) is 1. The van der Waals surface area contributed by atoms with E-state index >= 15 is 0 Å². The SMILES string of the molecule is CCC(C(=O)NC(C)C)N(Cc1ccc(Cl)c(Cl)c1)C(=O)CN(c1ccc(C)cc1C)S(C)(=O)=O. The van der Waals surface area contributed by atoms with Crippen molar-refractivity contribution in [2.24, 2.45) is 0 Å². The molecule has 0 fully saturated rings. The van der Waals surface area contributed by atoms with Crippen LogP contribution in [0.3, 0.4) is 0 Å². The first kappa shape index (κ1) is 28.9. The van der Waals surface area contributed by atoms with Crippen molar-refractivity contribution in [2.45, 2.75) is 59.7 Å². The summed E-state index contributed by atoms with van der Waals surface area (Å²) in [5.74, 6) is -0.819. The summed E-state index contributed by atoms with van der Waals surface area (Å²) in [4.78, 5) is 28.1. The second-order valence-electron chi connectivity index (χ2n) is 8.92. The number of anilines is 1. The Morgan fingerprint density at radius 3 is 2.20 bits per heavy atom. The van der Waals surface area contributed by atoms with Gasteiger partial charge in [0.05, 0.1) is 22.0 Å². The van der Waals surface area contributed by atoms with Gasteiger partial charge in [-0.25, -0.2) is 8.42 Å². The highest BCUT2D eigenvalue weighted by Gasteiger charge is 2.32. The molecule has 10 heteroatoms. The van der Waals surface area contributed by atoms with Crippen LogP contribution in [-0.4, -0.2) is 50.0 Å². The molecule has 0 heterocycles. The molecule has 1 N–H and O–H groups in total. The minimum atomic E-state index is -3.79. The van der Waals surface area contributed by atoms with Crippen molar-refractivity contribution in [3.05, 3.63) is 63.1 Å². The molecule has 1 unspecified atom stereocenters. The van der Waals surface area contributed by atoms with Crippen molar-refractivity contribution >= 4 is 50.7 Å². The molecule has 2 rings (SSSR count). The van der Waals surface area contributed by atoms with Crippen LogP contribution in [0.25, 0.3) is 0 Å². The predicted octanol–water partition coefficient (Wildman–Crippen LogP) is 4.71. The van der Waals surface area contributed by atoms with Crippen molar-refractivity contribution in [2.75, 3.05) is 17.1 Å². The summed E-state index contributed by atoms with van der Waals surface area (Å²) in [6.45, 7) is 8.79. The number of benzene rings is 2. The fourth-order valence-electron chi connectivity index (χ4n) is 3.81. The molecule has 0 aliphatic carbocycles.